The normalized spacial score (nSPS) is 17.0. The molecule has 1 aromatic carbocycles. The molecule has 1 nitrogen and oxygen atoms in total. The maximum absolute atomic E-state index is 13.5. The molecule has 0 saturated carbocycles. The van der Waals surface area contributed by atoms with E-state index in [4.69, 9.17) is 11.6 Å². The summed E-state index contributed by atoms with van der Waals surface area (Å²) in [6, 6.07) is 6.10. The van der Waals surface area contributed by atoms with Crippen molar-refractivity contribution in [3.63, 3.8) is 0 Å². The Morgan fingerprint density at radius 3 is 2.48 bits per heavy atom. The lowest BCUT2D eigenvalue weighted by molar-refractivity contribution is -0.138. The van der Waals surface area contributed by atoms with Crippen molar-refractivity contribution in [3.8, 4) is 5.69 Å². The minimum atomic E-state index is -4.66. The lowest BCUT2D eigenvalue weighted by Gasteiger charge is -2.12. The minimum absolute atomic E-state index is 0.00501. The van der Waals surface area contributed by atoms with Crippen LogP contribution in [0.2, 0.25) is 5.02 Å². The van der Waals surface area contributed by atoms with Crippen LogP contribution in [0.4, 0.5) is 22.0 Å². The van der Waals surface area contributed by atoms with Gasteiger partial charge in [-0.05, 0) is 23.8 Å². The Labute approximate surface area is 121 Å². The maximum atomic E-state index is 13.5. The van der Waals surface area contributed by atoms with Gasteiger partial charge in [0.2, 0.25) is 0 Å². The number of halogens is 6. The molecule has 0 aliphatic heterocycles. The quantitative estimate of drug-likeness (QED) is 0.659. The van der Waals surface area contributed by atoms with Crippen molar-refractivity contribution in [3.05, 3.63) is 52.3 Å². The second-order valence-electron chi connectivity index (χ2n) is 5.03. The number of hydrogen-bond donors (Lipinski definition) is 0. The van der Waals surface area contributed by atoms with E-state index in [0.717, 1.165) is 10.8 Å². The highest BCUT2D eigenvalue weighted by atomic mass is 35.5. The Balaban J connectivity index is 2.20. The number of nitrogens with zero attached hydrogens (tertiary/aromatic N) is 1. The van der Waals surface area contributed by atoms with Gasteiger partial charge in [-0.3, -0.25) is 0 Å². The molecule has 0 bridgehead atoms. The van der Waals surface area contributed by atoms with Crippen molar-refractivity contribution in [1.82, 2.24) is 4.57 Å². The first-order valence-corrected chi connectivity index (χ1v) is 6.49. The molecule has 1 aromatic heterocycles. The number of alkyl halides is 5. The Kier molecular flexibility index (Phi) is 3.06. The second-order valence-corrected chi connectivity index (χ2v) is 5.46. The van der Waals surface area contributed by atoms with E-state index in [2.05, 4.69) is 0 Å². The summed E-state index contributed by atoms with van der Waals surface area (Å²) in [7, 11) is 0. The van der Waals surface area contributed by atoms with Gasteiger partial charge in [-0.25, -0.2) is 8.78 Å². The number of benzene rings is 1. The van der Waals surface area contributed by atoms with E-state index in [1.807, 2.05) is 0 Å². The predicted octanol–water partition coefficient (Wildman–Crippen LogP) is 4.88. The minimum Gasteiger partial charge on any atom is -0.320 e. The van der Waals surface area contributed by atoms with Crippen LogP contribution < -0.4 is 0 Å². The standard InChI is InChI=1S/C14H9ClF5N/c15-8-2-1-3-9(4-8)21-7-11(14(18,19)20)10-5-13(16,17)6-12(10)21/h1-4,7H,5-6H2. The van der Waals surface area contributed by atoms with Crippen LogP contribution in [0.5, 0.6) is 0 Å². The first kappa shape index (κ1) is 14.4. The Morgan fingerprint density at radius 1 is 1.14 bits per heavy atom. The Bertz CT molecular complexity index is 702. The fourth-order valence-corrected chi connectivity index (χ4v) is 2.83. The monoisotopic (exact) mass is 321 g/mol. The van der Waals surface area contributed by atoms with Crippen LogP contribution >= 0.6 is 11.6 Å². The van der Waals surface area contributed by atoms with Gasteiger partial charge in [-0.2, -0.15) is 13.2 Å². The van der Waals surface area contributed by atoms with E-state index < -0.39 is 30.5 Å². The highest BCUT2D eigenvalue weighted by Crippen LogP contribution is 2.44. The molecule has 0 N–H and O–H groups in total. The van der Waals surface area contributed by atoms with E-state index in [1.54, 1.807) is 12.1 Å². The molecule has 3 rings (SSSR count). The third kappa shape index (κ3) is 2.52. The molecule has 21 heavy (non-hydrogen) atoms. The van der Waals surface area contributed by atoms with Crippen molar-refractivity contribution < 1.29 is 22.0 Å². The topological polar surface area (TPSA) is 4.93 Å². The van der Waals surface area contributed by atoms with E-state index in [1.165, 1.54) is 12.1 Å². The zero-order valence-corrected chi connectivity index (χ0v) is 11.3. The van der Waals surface area contributed by atoms with Gasteiger partial charge in [0.25, 0.3) is 5.92 Å². The molecule has 0 unspecified atom stereocenters. The zero-order chi connectivity index (χ0) is 15.4. The molecule has 1 heterocycles. The summed E-state index contributed by atoms with van der Waals surface area (Å²) in [6.45, 7) is 0. The van der Waals surface area contributed by atoms with Gasteiger partial charge >= 0.3 is 6.18 Å². The molecule has 112 valence electrons. The lowest BCUT2D eigenvalue weighted by Crippen LogP contribution is -2.18. The molecular weight excluding hydrogens is 313 g/mol. The third-order valence-corrected chi connectivity index (χ3v) is 3.71. The average molecular weight is 322 g/mol. The predicted molar refractivity (Wildman–Crippen MR) is 68.1 cm³/mol. The largest absolute Gasteiger partial charge is 0.418 e. The van der Waals surface area contributed by atoms with Crippen LogP contribution in [0.25, 0.3) is 5.69 Å². The molecule has 0 amide bonds. The fraction of sp³-hybridized carbons (Fsp3) is 0.286. The summed E-state index contributed by atoms with van der Waals surface area (Å²) < 4.78 is 67.2. The first-order valence-electron chi connectivity index (χ1n) is 6.11. The SMILES string of the molecule is FC1(F)Cc2c(C(F)(F)F)cn(-c3cccc(Cl)c3)c2C1. The van der Waals surface area contributed by atoms with Gasteiger partial charge in [-0.15, -0.1) is 0 Å². The van der Waals surface area contributed by atoms with Gasteiger partial charge in [0.1, 0.15) is 0 Å². The summed E-state index contributed by atoms with van der Waals surface area (Å²) in [5.41, 5.74) is -0.997. The van der Waals surface area contributed by atoms with Crippen molar-refractivity contribution in [1.29, 1.82) is 0 Å². The lowest BCUT2D eigenvalue weighted by atomic mass is 10.1. The molecule has 0 radical (unpaired) electrons. The summed E-state index contributed by atoms with van der Waals surface area (Å²) in [5.74, 6) is -3.15. The summed E-state index contributed by atoms with van der Waals surface area (Å²) >= 11 is 5.81. The van der Waals surface area contributed by atoms with E-state index in [9.17, 15) is 22.0 Å². The molecule has 2 aromatic rings. The molecule has 0 fully saturated rings. The molecule has 7 heteroatoms. The fourth-order valence-electron chi connectivity index (χ4n) is 2.64. The zero-order valence-electron chi connectivity index (χ0n) is 10.5. The van der Waals surface area contributed by atoms with Crippen LogP contribution in [0, 0.1) is 0 Å². The van der Waals surface area contributed by atoms with Gasteiger partial charge < -0.3 is 4.57 Å². The van der Waals surface area contributed by atoms with Crippen molar-refractivity contribution >= 4 is 11.6 Å². The molecule has 0 atom stereocenters. The van der Waals surface area contributed by atoms with Gasteiger partial charge in [0.15, 0.2) is 0 Å². The highest BCUT2D eigenvalue weighted by molar-refractivity contribution is 6.30. The van der Waals surface area contributed by atoms with E-state index in [0.29, 0.717) is 10.7 Å². The summed E-state index contributed by atoms with van der Waals surface area (Å²) in [6.07, 6.45) is -5.38. The Hall–Kier alpha value is -1.56. The number of hydrogen-bond acceptors (Lipinski definition) is 0. The van der Waals surface area contributed by atoms with E-state index >= 15 is 0 Å². The third-order valence-electron chi connectivity index (χ3n) is 3.48. The molecular formula is C14H9ClF5N. The number of aromatic nitrogens is 1. The van der Waals surface area contributed by atoms with Crippen LogP contribution in [-0.4, -0.2) is 10.5 Å². The van der Waals surface area contributed by atoms with Crippen LogP contribution in [0.15, 0.2) is 30.5 Å². The van der Waals surface area contributed by atoms with Gasteiger partial charge in [0, 0.05) is 29.0 Å². The molecule has 0 saturated heterocycles. The van der Waals surface area contributed by atoms with Gasteiger partial charge in [-0.1, -0.05) is 17.7 Å². The molecule has 1 aliphatic carbocycles. The molecule has 0 spiro atoms. The van der Waals surface area contributed by atoms with Crippen LogP contribution in [0.3, 0.4) is 0 Å². The maximum Gasteiger partial charge on any atom is 0.418 e. The van der Waals surface area contributed by atoms with Crippen LogP contribution in [0.1, 0.15) is 16.8 Å². The number of fused-ring (bicyclic) bond motifs is 1. The summed E-state index contributed by atoms with van der Waals surface area (Å²) in [5, 5.41) is 0.327. The van der Waals surface area contributed by atoms with Crippen LogP contribution in [-0.2, 0) is 19.0 Å². The Morgan fingerprint density at radius 2 is 1.86 bits per heavy atom. The smallest absolute Gasteiger partial charge is 0.320 e. The van der Waals surface area contributed by atoms with Gasteiger partial charge in [0.05, 0.1) is 12.0 Å². The summed E-state index contributed by atoms with van der Waals surface area (Å²) in [4.78, 5) is 0. The average Bonchev–Trinajstić information content (AvgIpc) is 2.80. The van der Waals surface area contributed by atoms with Crippen molar-refractivity contribution in [2.45, 2.75) is 24.9 Å². The van der Waals surface area contributed by atoms with Crippen molar-refractivity contribution in [2.24, 2.45) is 0 Å². The van der Waals surface area contributed by atoms with E-state index in [-0.39, 0.29) is 11.3 Å². The highest BCUT2D eigenvalue weighted by Gasteiger charge is 2.46. The first-order chi connectivity index (χ1) is 9.67. The molecule has 1 aliphatic rings. The second kappa shape index (κ2) is 4.47. The number of rotatable bonds is 1. The van der Waals surface area contributed by atoms with Crippen molar-refractivity contribution in [2.75, 3.05) is 0 Å².